The highest BCUT2D eigenvalue weighted by atomic mass is 79.9. The van der Waals surface area contributed by atoms with Crippen molar-refractivity contribution in [3.05, 3.63) is 135 Å². The van der Waals surface area contributed by atoms with Gasteiger partial charge in [-0.15, -0.1) is 22.0 Å². The minimum Gasteiger partial charge on any atom is -0.302 e. The molecule has 11 heteroatoms. The Morgan fingerprint density at radius 1 is 0.913 bits per heavy atom. The van der Waals surface area contributed by atoms with E-state index in [9.17, 15) is 9.59 Å². The lowest BCUT2D eigenvalue weighted by Gasteiger charge is -2.37. The second kappa shape index (κ2) is 12.8. The molecular formula is C35H29BrN6O2S2. The molecule has 3 heterocycles. The molecule has 0 radical (unpaired) electrons. The summed E-state index contributed by atoms with van der Waals surface area (Å²) < 4.78 is 6.09. The third-order valence-electron chi connectivity index (χ3n) is 8.11. The Hall–Kier alpha value is -4.32. The predicted octanol–water partition coefficient (Wildman–Crippen LogP) is 7.47. The van der Waals surface area contributed by atoms with E-state index in [-0.39, 0.29) is 23.3 Å². The summed E-state index contributed by atoms with van der Waals surface area (Å²) in [6.45, 7) is 1.91. The van der Waals surface area contributed by atoms with Gasteiger partial charge in [0.05, 0.1) is 28.9 Å². The summed E-state index contributed by atoms with van der Waals surface area (Å²) in [5, 5.41) is 9.61. The highest BCUT2D eigenvalue weighted by Crippen LogP contribution is 2.43. The van der Waals surface area contributed by atoms with Gasteiger partial charge in [0, 0.05) is 27.7 Å². The standard InChI is InChI=1S/C35H29BrN6O2S2/c1-23-32(34(44)42(39(23)2)25-15-7-4-8-16-25)41-33(26-17-9-10-18-27(26)36)37-38-35(41)46-22-31(43)40-28-19-11-12-20-30(28)45-21-29(40)24-13-5-3-6-14-24/h3-20,29H,21-22H2,1-2H3. The molecule has 0 fully saturated rings. The van der Waals surface area contributed by atoms with Crippen LogP contribution in [0, 0.1) is 6.92 Å². The van der Waals surface area contributed by atoms with Crippen LogP contribution >= 0.6 is 39.5 Å². The second-order valence-corrected chi connectivity index (χ2v) is 13.6. The average molecular weight is 710 g/mol. The largest absolute Gasteiger partial charge is 0.302 e. The zero-order valence-corrected chi connectivity index (χ0v) is 28.3. The number of anilines is 1. The summed E-state index contributed by atoms with van der Waals surface area (Å²) in [6, 6.07) is 35.3. The quantitative estimate of drug-likeness (QED) is 0.160. The van der Waals surface area contributed by atoms with Gasteiger partial charge in [-0.1, -0.05) is 107 Å². The van der Waals surface area contributed by atoms with Crippen LogP contribution in [0.25, 0.3) is 22.8 Å². The number of rotatable bonds is 7. The van der Waals surface area contributed by atoms with E-state index in [1.807, 2.05) is 115 Å². The first kappa shape index (κ1) is 30.3. The molecule has 1 unspecified atom stereocenters. The number of hydrogen-bond donors (Lipinski definition) is 0. The van der Waals surface area contributed by atoms with E-state index >= 15 is 0 Å². The Morgan fingerprint density at radius 2 is 1.59 bits per heavy atom. The Kier molecular flexibility index (Phi) is 8.46. The molecule has 1 atom stereocenters. The highest BCUT2D eigenvalue weighted by molar-refractivity contribution is 9.10. The molecular weight excluding hydrogens is 680 g/mol. The summed E-state index contributed by atoms with van der Waals surface area (Å²) in [4.78, 5) is 31.4. The van der Waals surface area contributed by atoms with Gasteiger partial charge >= 0.3 is 0 Å². The van der Waals surface area contributed by atoms with Crippen molar-refractivity contribution in [1.29, 1.82) is 0 Å². The van der Waals surface area contributed by atoms with E-state index in [4.69, 9.17) is 0 Å². The van der Waals surface area contributed by atoms with Crippen LogP contribution in [0.15, 0.2) is 129 Å². The van der Waals surface area contributed by atoms with E-state index in [0.29, 0.717) is 16.7 Å². The van der Waals surface area contributed by atoms with E-state index in [1.54, 1.807) is 21.0 Å². The number of carbonyl (C=O) groups is 1. The molecule has 8 nitrogen and oxygen atoms in total. The summed E-state index contributed by atoms with van der Waals surface area (Å²) >= 11 is 6.71. The molecule has 0 N–H and O–H groups in total. The van der Waals surface area contributed by atoms with Crippen molar-refractivity contribution in [3.63, 3.8) is 0 Å². The zero-order chi connectivity index (χ0) is 31.8. The predicted molar refractivity (Wildman–Crippen MR) is 188 cm³/mol. The number of halogens is 1. The Labute approximate surface area is 283 Å². The van der Waals surface area contributed by atoms with E-state index in [0.717, 1.165) is 43.3 Å². The van der Waals surface area contributed by atoms with E-state index in [2.05, 4.69) is 44.3 Å². The molecule has 0 bridgehead atoms. The molecule has 1 aliphatic rings. The number of thioether (sulfide) groups is 2. The molecule has 0 aliphatic carbocycles. The van der Waals surface area contributed by atoms with Crippen LogP contribution in [-0.2, 0) is 11.8 Å². The second-order valence-electron chi connectivity index (χ2n) is 10.8. The SMILES string of the molecule is Cc1c(-n2c(SCC(=O)N3c4ccccc4SCC3c3ccccc3)nnc2-c2ccccc2Br)c(=O)n(-c2ccccc2)n1C. The maximum absolute atomic E-state index is 14.2. The minimum atomic E-state index is -0.210. The number of hydrogen-bond acceptors (Lipinski definition) is 6. The van der Waals surface area contributed by atoms with Gasteiger partial charge in [0.15, 0.2) is 11.0 Å². The number of amides is 1. The van der Waals surface area contributed by atoms with Crippen molar-refractivity contribution in [2.75, 3.05) is 16.4 Å². The normalized spacial score (nSPS) is 14.3. The molecule has 0 saturated heterocycles. The van der Waals surface area contributed by atoms with Gasteiger partial charge in [-0.25, -0.2) is 4.68 Å². The number of nitrogens with zero attached hydrogens (tertiary/aromatic N) is 6. The Balaban J connectivity index is 1.31. The van der Waals surface area contributed by atoms with Crippen molar-refractivity contribution in [1.82, 2.24) is 24.1 Å². The van der Waals surface area contributed by atoms with Crippen LogP contribution in [0.4, 0.5) is 5.69 Å². The number of carbonyl (C=O) groups excluding carboxylic acids is 1. The lowest BCUT2D eigenvalue weighted by atomic mass is 10.1. The van der Waals surface area contributed by atoms with E-state index in [1.165, 1.54) is 11.8 Å². The summed E-state index contributed by atoms with van der Waals surface area (Å²) in [6.07, 6.45) is 0. The van der Waals surface area contributed by atoms with Gasteiger partial charge in [0.25, 0.3) is 5.56 Å². The molecule has 4 aromatic carbocycles. The molecule has 0 spiro atoms. The monoisotopic (exact) mass is 708 g/mol. The molecule has 1 aliphatic heterocycles. The van der Waals surface area contributed by atoms with Crippen LogP contribution in [0.5, 0.6) is 0 Å². The smallest absolute Gasteiger partial charge is 0.296 e. The molecule has 6 aromatic rings. The van der Waals surface area contributed by atoms with Crippen LogP contribution in [-0.4, -0.2) is 41.5 Å². The zero-order valence-electron chi connectivity index (χ0n) is 25.1. The Bertz CT molecular complexity index is 2110. The van der Waals surface area contributed by atoms with Gasteiger partial charge in [-0.3, -0.25) is 18.8 Å². The van der Waals surface area contributed by atoms with Crippen LogP contribution in [0.2, 0.25) is 0 Å². The number of para-hydroxylation sites is 2. The van der Waals surface area contributed by atoms with Crippen LogP contribution in [0.3, 0.4) is 0 Å². The first-order valence-electron chi connectivity index (χ1n) is 14.7. The maximum Gasteiger partial charge on any atom is 0.296 e. The lowest BCUT2D eigenvalue weighted by molar-refractivity contribution is -0.116. The molecule has 0 saturated carbocycles. The molecule has 46 heavy (non-hydrogen) atoms. The number of benzene rings is 4. The van der Waals surface area contributed by atoms with Gasteiger partial charge in [-0.2, -0.15) is 0 Å². The average Bonchev–Trinajstić information content (AvgIpc) is 3.59. The van der Waals surface area contributed by atoms with Crippen molar-refractivity contribution in [3.8, 4) is 22.8 Å². The summed E-state index contributed by atoms with van der Waals surface area (Å²) in [5.74, 6) is 1.32. The lowest BCUT2D eigenvalue weighted by Crippen LogP contribution is -2.39. The molecule has 2 aromatic heterocycles. The van der Waals surface area contributed by atoms with Crippen molar-refractivity contribution in [2.24, 2.45) is 7.05 Å². The van der Waals surface area contributed by atoms with Crippen molar-refractivity contribution in [2.45, 2.75) is 23.0 Å². The van der Waals surface area contributed by atoms with Crippen LogP contribution in [0.1, 0.15) is 17.3 Å². The maximum atomic E-state index is 14.2. The van der Waals surface area contributed by atoms with Gasteiger partial charge in [0.1, 0.15) is 5.69 Å². The van der Waals surface area contributed by atoms with Gasteiger partial charge in [-0.05, 0) is 42.8 Å². The minimum absolute atomic E-state index is 0.0462. The van der Waals surface area contributed by atoms with Gasteiger partial charge < -0.3 is 4.90 Å². The molecule has 230 valence electrons. The fraction of sp³-hybridized carbons (Fsp3) is 0.143. The van der Waals surface area contributed by atoms with Crippen LogP contribution < -0.4 is 10.5 Å². The van der Waals surface area contributed by atoms with Crippen molar-refractivity contribution < 1.29 is 4.79 Å². The molecule has 1 amide bonds. The summed E-state index contributed by atoms with van der Waals surface area (Å²) in [7, 11) is 1.86. The number of fused-ring (bicyclic) bond motifs is 1. The third-order valence-corrected chi connectivity index (χ3v) is 10.9. The topological polar surface area (TPSA) is 78.0 Å². The van der Waals surface area contributed by atoms with E-state index < -0.39 is 0 Å². The summed E-state index contributed by atoms with van der Waals surface area (Å²) in [5.41, 5.74) is 4.48. The first-order chi connectivity index (χ1) is 22.4. The third kappa shape index (κ3) is 5.42. The Morgan fingerprint density at radius 3 is 2.35 bits per heavy atom. The fourth-order valence-corrected chi connectivity index (χ4v) is 8.23. The number of aromatic nitrogens is 5. The van der Waals surface area contributed by atoms with Crippen molar-refractivity contribution >= 4 is 51.0 Å². The highest BCUT2D eigenvalue weighted by Gasteiger charge is 2.33. The fourth-order valence-electron chi connectivity index (χ4n) is 5.81. The first-order valence-corrected chi connectivity index (χ1v) is 17.5. The molecule has 7 rings (SSSR count). The van der Waals surface area contributed by atoms with Gasteiger partial charge in [0.2, 0.25) is 5.91 Å².